The summed E-state index contributed by atoms with van der Waals surface area (Å²) in [5, 5.41) is 3.30. The van der Waals surface area contributed by atoms with Crippen molar-refractivity contribution in [3.63, 3.8) is 0 Å². The molecule has 18 heavy (non-hydrogen) atoms. The molecule has 0 saturated heterocycles. The molecule has 0 amide bonds. The second kappa shape index (κ2) is 7.01. The van der Waals surface area contributed by atoms with Crippen LogP contribution in [0.5, 0.6) is 0 Å². The number of carbonyl (C=O) groups is 1. The zero-order chi connectivity index (χ0) is 13.5. The Morgan fingerprint density at radius 3 is 2.89 bits per heavy atom. The first-order chi connectivity index (χ1) is 8.58. The van der Waals surface area contributed by atoms with Crippen molar-refractivity contribution in [1.82, 2.24) is 0 Å². The van der Waals surface area contributed by atoms with Crippen molar-refractivity contribution < 1.29 is 13.9 Å². The SMILES string of the molecule is CC/C(=C/CNc1cc(Cl)ccc1F)C(=O)OC. The number of ether oxygens (including phenoxy) is 1. The number of methoxy groups -OCH3 is 1. The highest BCUT2D eigenvalue weighted by atomic mass is 35.5. The molecule has 98 valence electrons. The van der Waals surface area contributed by atoms with E-state index in [0.717, 1.165) is 0 Å². The molecule has 0 heterocycles. The van der Waals surface area contributed by atoms with E-state index in [1.807, 2.05) is 6.92 Å². The van der Waals surface area contributed by atoms with Crippen molar-refractivity contribution in [2.45, 2.75) is 13.3 Å². The Hall–Kier alpha value is -1.55. The Bertz CT molecular complexity index is 460. The quantitative estimate of drug-likeness (QED) is 0.659. The van der Waals surface area contributed by atoms with Crippen LogP contribution in [0.15, 0.2) is 29.8 Å². The zero-order valence-electron chi connectivity index (χ0n) is 10.3. The van der Waals surface area contributed by atoms with Crippen molar-refractivity contribution in [3.8, 4) is 0 Å². The van der Waals surface area contributed by atoms with E-state index in [1.54, 1.807) is 6.08 Å². The summed E-state index contributed by atoms with van der Waals surface area (Å²) in [6.45, 7) is 2.18. The molecule has 0 saturated carbocycles. The first-order valence-electron chi connectivity index (χ1n) is 5.54. The Balaban J connectivity index is 2.67. The predicted molar refractivity (Wildman–Crippen MR) is 70.3 cm³/mol. The van der Waals surface area contributed by atoms with E-state index >= 15 is 0 Å². The zero-order valence-corrected chi connectivity index (χ0v) is 11.1. The largest absolute Gasteiger partial charge is 0.466 e. The lowest BCUT2D eigenvalue weighted by atomic mass is 10.2. The van der Waals surface area contributed by atoms with E-state index in [1.165, 1.54) is 25.3 Å². The van der Waals surface area contributed by atoms with Gasteiger partial charge in [0.2, 0.25) is 0 Å². The van der Waals surface area contributed by atoms with Gasteiger partial charge in [0.1, 0.15) is 5.82 Å². The van der Waals surface area contributed by atoms with Crippen molar-refractivity contribution in [2.24, 2.45) is 0 Å². The highest BCUT2D eigenvalue weighted by Crippen LogP contribution is 2.19. The lowest BCUT2D eigenvalue weighted by molar-refractivity contribution is -0.136. The van der Waals surface area contributed by atoms with Gasteiger partial charge in [-0.3, -0.25) is 0 Å². The summed E-state index contributed by atoms with van der Waals surface area (Å²) in [7, 11) is 1.33. The number of carbonyl (C=O) groups excluding carboxylic acids is 1. The van der Waals surface area contributed by atoms with Gasteiger partial charge in [-0.1, -0.05) is 24.6 Å². The first-order valence-corrected chi connectivity index (χ1v) is 5.92. The highest BCUT2D eigenvalue weighted by Gasteiger charge is 2.06. The third-order valence-electron chi connectivity index (χ3n) is 2.40. The van der Waals surface area contributed by atoms with E-state index < -0.39 is 0 Å². The third kappa shape index (κ3) is 4.04. The van der Waals surface area contributed by atoms with E-state index in [0.29, 0.717) is 29.2 Å². The molecule has 0 aromatic heterocycles. The lowest BCUT2D eigenvalue weighted by Crippen LogP contribution is -2.07. The normalized spacial score (nSPS) is 11.2. The summed E-state index contributed by atoms with van der Waals surface area (Å²) in [6.07, 6.45) is 2.23. The molecule has 0 radical (unpaired) electrons. The van der Waals surface area contributed by atoms with Crippen LogP contribution in [0.2, 0.25) is 5.02 Å². The summed E-state index contributed by atoms with van der Waals surface area (Å²) in [4.78, 5) is 11.3. The summed E-state index contributed by atoms with van der Waals surface area (Å²) >= 11 is 5.76. The van der Waals surface area contributed by atoms with Gasteiger partial charge in [0.25, 0.3) is 0 Å². The molecule has 5 heteroatoms. The maximum atomic E-state index is 13.4. The van der Waals surface area contributed by atoms with Crippen LogP contribution in [0.1, 0.15) is 13.3 Å². The number of hydrogen-bond donors (Lipinski definition) is 1. The Kier molecular flexibility index (Phi) is 5.65. The predicted octanol–water partition coefficient (Wildman–Crippen LogP) is 3.40. The van der Waals surface area contributed by atoms with Crippen LogP contribution in [0.3, 0.4) is 0 Å². The lowest BCUT2D eigenvalue weighted by Gasteiger charge is -2.07. The van der Waals surface area contributed by atoms with Gasteiger partial charge in [0.05, 0.1) is 12.8 Å². The molecule has 0 aliphatic heterocycles. The first kappa shape index (κ1) is 14.5. The van der Waals surface area contributed by atoms with Gasteiger partial charge in [-0.05, 0) is 24.6 Å². The number of esters is 1. The van der Waals surface area contributed by atoms with Crippen molar-refractivity contribution in [3.05, 3.63) is 40.7 Å². The van der Waals surface area contributed by atoms with Gasteiger partial charge in [-0.15, -0.1) is 0 Å². The fourth-order valence-electron chi connectivity index (χ4n) is 1.42. The average Bonchev–Trinajstić information content (AvgIpc) is 2.37. The van der Waals surface area contributed by atoms with Crippen LogP contribution in [-0.2, 0) is 9.53 Å². The van der Waals surface area contributed by atoms with Gasteiger partial charge < -0.3 is 10.1 Å². The van der Waals surface area contributed by atoms with Crippen LogP contribution >= 0.6 is 11.6 Å². The fraction of sp³-hybridized carbons (Fsp3) is 0.308. The monoisotopic (exact) mass is 271 g/mol. The van der Waals surface area contributed by atoms with Crippen molar-refractivity contribution in [1.29, 1.82) is 0 Å². The smallest absolute Gasteiger partial charge is 0.333 e. The molecular formula is C13H15ClFNO2. The molecule has 0 unspecified atom stereocenters. The summed E-state index contributed by atoms with van der Waals surface area (Å²) < 4.78 is 18.0. The summed E-state index contributed by atoms with van der Waals surface area (Å²) in [5.74, 6) is -0.755. The maximum absolute atomic E-state index is 13.4. The van der Waals surface area contributed by atoms with E-state index in [9.17, 15) is 9.18 Å². The minimum atomic E-state index is -0.385. The standard InChI is InChI=1S/C13H15ClFNO2/c1-3-9(13(17)18-2)6-7-16-12-8-10(14)4-5-11(12)15/h4-6,8,16H,3,7H2,1-2H3/b9-6-. The topological polar surface area (TPSA) is 38.3 Å². The second-order valence-corrected chi connectivity index (χ2v) is 4.02. The maximum Gasteiger partial charge on any atom is 0.333 e. The van der Waals surface area contributed by atoms with Gasteiger partial charge in [-0.2, -0.15) is 0 Å². The molecule has 3 nitrogen and oxygen atoms in total. The van der Waals surface area contributed by atoms with Crippen LogP contribution in [0.25, 0.3) is 0 Å². The molecule has 0 spiro atoms. The second-order valence-electron chi connectivity index (χ2n) is 3.58. The molecule has 0 aliphatic carbocycles. The molecule has 0 aliphatic rings. The molecule has 1 aromatic carbocycles. The highest BCUT2D eigenvalue weighted by molar-refractivity contribution is 6.30. The minimum Gasteiger partial charge on any atom is -0.466 e. The van der Waals surface area contributed by atoms with Crippen molar-refractivity contribution >= 4 is 23.3 Å². The van der Waals surface area contributed by atoms with E-state index in [4.69, 9.17) is 11.6 Å². The summed E-state index contributed by atoms with van der Waals surface area (Å²) in [5.41, 5.74) is 0.853. The number of rotatable bonds is 5. The van der Waals surface area contributed by atoms with Crippen LogP contribution in [0, 0.1) is 5.82 Å². The number of halogens is 2. The van der Waals surface area contributed by atoms with Gasteiger partial charge in [-0.25, -0.2) is 9.18 Å². The Morgan fingerprint density at radius 1 is 1.56 bits per heavy atom. The summed E-state index contributed by atoms with van der Waals surface area (Å²) in [6, 6.07) is 4.26. The molecule has 0 atom stereocenters. The van der Waals surface area contributed by atoms with Gasteiger partial charge >= 0.3 is 5.97 Å². The van der Waals surface area contributed by atoms with Crippen LogP contribution < -0.4 is 5.32 Å². The van der Waals surface area contributed by atoms with Gasteiger partial charge in [0.15, 0.2) is 0 Å². The van der Waals surface area contributed by atoms with E-state index in [-0.39, 0.29) is 11.8 Å². The molecule has 0 bridgehead atoms. The number of nitrogens with one attached hydrogen (secondary N) is 1. The van der Waals surface area contributed by atoms with Crippen molar-refractivity contribution in [2.75, 3.05) is 19.0 Å². The Morgan fingerprint density at radius 2 is 2.28 bits per heavy atom. The third-order valence-corrected chi connectivity index (χ3v) is 2.63. The minimum absolute atomic E-state index is 0.305. The molecule has 0 fully saturated rings. The van der Waals surface area contributed by atoms with E-state index in [2.05, 4.69) is 10.1 Å². The Labute approximate surface area is 111 Å². The molecule has 1 N–H and O–H groups in total. The molecule has 1 aromatic rings. The number of anilines is 1. The number of benzene rings is 1. The molecular weight excluding hydrogens is 257 g/mol. The van der Waals surface area contributed by atoms with Gasteiger partial charge in [0, 0.05) is 17.1 Å². The average molecular weight is 272 g/mol. The van der Waals surface area contributed by atoms with Crippen LogP contribution in [-0.4, -0.2) is 19.6 Å². The molecule has 1 rings (SSSR count). The van der Waals surface area contributed by atoms with Crippen LogP contribution in [0.4, 0.5) is 10.1 Å². The number of hydrogen-bond acceptors (Lipinski definition) is 3. The fourth-order valence-corrected chi connectivity index (χ4v) is 1.59.